The molecule has 23 heavy (non-hydrogen) atoms. The zero-order chi connectivity index (χ0) is 16.4. The Morgan fingerprint density at radius 1 is 1.43 bits per heavy atom. The van der Waals surface area contributed by atoms with E-state index in [-0.39, 0.29) is 24.4 Å². The minimum Gasteiger partial charge on any atom is -0.395 e. The summed E-state index contributed by atoms with van der Waals surface area (Å²) in [5, 5.41) is 14.1. The first kappa shape index (κ1) is 16.0. The molecule has 1 aliphatic rings. The molecule has 7 heteroatoms. The molecule has 0 saturated heterocycles. The molecular weight excluding hydrogens is 316 g/mol. The molecule has 0 spiro atoms. The minimum atomic E-state index is -0.234. The van der Waals surface area contributed by atoms with Crippen LogP contribution in [0.1, 0.15) is 36.2 Å². The first-order valence-electron chi connectivity index (χ1n) is 7.78. The zero-order valence-corrected chi connectivity index (χ0v) is 13.7. The van der Waals surface area contributed by atoms with Crippen molar-refractivity contribution in [3.63, 3.8) is 0 Å². The molecule has 1 aromatic heterocycles. The fourth-order valence-corrected chi connectivity index (χ4v) is 2.77. The van der Waals surface area contributed by atoms with Gasteiger partial charge >= 0.3 is 0 Å². The Labute approximate surface area is 139 Å². The zero-order valence-electron chi connectivity index (χ0n) is 12.9. The van der Waals surface area contributed by atoms with Crippen LogP contribution in [0.3, 0.4) is 0 Å². The number of aliphatic hydroxyl groups excluding tert-OH is 1. The monoisotopic (exact) mass is 334 g/mol. The Kier molecular flexibility index (Phi) is 4.63. The molecule has 122 valence electrons. The Hall–Kier alpha value is -1.92. The fourth-order valence-electron chi connectivity index (χ4n) is 2.55. The molecule has 0 bridgehead atoms. The average Bonchev–Trinajstić information content (AvgIpc) is 3.31. The van der Waals surface area contributed by atoms with Crippen molar-refractivity contribution in [2.75, 3.05) is 13.2 Å². The van der Waals surface area contributed by atoms with Crippen molar-refractivity contribution in [2.45, 2.75) is 32.2 Å². The third-order valence-corrected chi connectivity index (χ3v) is 4.17. The number of para-hydroxylation sites is 1. The highest BCUT2D eigenvalue weighted by Gasteiger charge is 2.34. The lowest BCUT2D eigenvalue weighted by Crippen LogP contribution is -2.36. The second kappa shape index (κ2) is 6.68. The second-order valence-corrected chi connectivity index (χ2v) is 5.93. The van der Waals surface area contributed by atoms with Crippen molar-refractivity contribution < 1.29 is 9.90 Å². The van der Waals surface area contributed by atoms with Crippen molar-refractivity contribution >= 4 is 17.5 Å². The van der Waals surface area contributed by atoms with Gasteiger partial charge in [-0.3, -0.25) is 4.79 Å². The Bertz CT molecular complexity index is 712. The van der Waals surface area contributed by atoms with Gasteiger partial charge in [0.15, 0.2) is 0 Å². The number of aromatic nitrogens is 3. The van der Waals surface area contributed by atoms with Gasteiger partial charge in [0.2, 0.25) is 5.82 Å². The molecule has 1 amide bonds. The number of aliphatic hydroxyl groups is 1. The van der Waals surface area contributed by atoms with Crippen molar-refractivity contribution in [1.29, 1.82) is 0 Å². The molecule has 1 aliphatic carbocycles. The number of nitrogens with zero attached hydrogens (tertiary/aromatic N) is 4. The summed E-state index contributed by atoms with van der Waals surface area (Å²) >= 11 is 6.23. The summed E-state index contributed by atoms with van der Waals surface area (Å²) in [6.07, 6.45) is 2.57. The Morgan fingerprint density at radius 2 is 2.17 bits per heavy atom. The maximum atomic E-state index is 12.7. The van der Waals surface area contributed by atoms with Crippen LogP contribution in [0.4, 0.5) is 0 Å². The molecule has 6 nitrogen and oxygen atoms in total. The van der Waals surface area contributed by atoms with Gasteiger partial charge in [0.05, 0.1) is 17.3 Å². The number of rotatable bonds is 6. The first-order valence-corrected chi connectivity index (χ1v) is 8.16. The number of carbonyl (C=O) groups excluding carboxylic acids is 1. The van der Waals surface area contributed by atoms with Gasteiger partial charge < -0.3 is 10.0 Å². The number of hydrogen-bond donors (Lipinski definition) is 1. The summed E-state index contributed by atoms with van der Waals surface area (Å²) in [4.78, 5) is 18.7. The second-order valence-electron chi connectivity index (χ2n) is 5.52. The predicted octanol–water partition coefficient (Wildman–Crippen LogP) is 2.08. The van der Waals surface area contributed by atoms with E-state index in [4.69, 9.17) is 11.6 Å². The normalized spacial score (nSPS) is 14.0. The van der Waals surface area contributed by atoms with Crippen LogP contribution in [-0.2, 0) is 6.42 Å². The van der Waals surface area contributed by atoms with Gasteiger partial charge in [0.1, 0.15) is 5.82 Å². The third kappa shape index (κ3) is 3.23. The molecule has 0 unspecified atom stereocenters. The summed E-state index contributed by atoms with van der Waals surface area (Å²) in [6, 6.07) is 7.54. The predicted molar refractivity (Wildman–Crippen MR) is 86.9 cm³/mol. The highest BCUT2D eigenvalue weighted by Crippen LogP contribution is 2.28. The Balaban J connectivity index is 1.95. The number of hydrogen-bond acceptors (Lipinski definition) is 4. The largest absolute Gasteiger partial charge is 0.395 e. The molecule has 1 saturated carbocycles. The van der Waals surface area contributed by atoms with Crippen LogP contribution in [0.2, 0.25) is 5.02 Å². The Morgan fingerprint density at radius 3 is 2.78 bits per heavy atom. The minimum absolute atomic E-state index is 0.0614. The number of benzene rings is 1. The van der Waals surface area contributed by atoms with Crippen LogP contribution < -0.4 is 0 Å². The van der Waals surface area contributed by atoms with E-state index in [0.717, 1.165) is 12.8 Å². The van der Waals surface area contributed by atoms with Crippen molar-refractivity contribution in [1.82, 2.24) is 19.7 Å². The SMILES string of the molecule is CCc1nc(C(=O)N(CCO)C2CC2)nn1-c1ccccc1Cl. The van der Waals surface area contributed by atoms with Crippen molar-refractivity contribution in [2.24, 2.45) is 0 Å². The van der Waals surface area contributed by atoms with Crippen LogP contribution >= 0.6 is 11.6 Å². The lowest BCUT2D eigenvalue weighted by atomic mass is 10.3. The van der Waals surface area contributed by atoms with E-state index < -0.39 is 0 Å². The van der Waals surface area contributed by atoms with Crippen LogP contribution in [0.15, 0.2) is 24.3 Å². The van der Waals surface area contributed by atoms with Crippen LogP contribution in [-0.4, -0.2) is 49.9 Å². The van der Waals surface area contributed by atoms with Gasteiger partial charge in [-0.25, -0.2) is 9.67 Å². The smallest absolute Gasteiger partial charge is 0.293 e. The van der Waals surface area contributed by atoms with Gasteiger partial charge in [-0.15, -0.1) is 5.10 Å². The standard InChI is InChI=1S/C16H19ClN4O2/c1-2-14-18-15(16(23)20(9-10-22)11-7-8-11)19-21(14)13-6-4-3-5-12(13)17/h3-6,11,22H,2,7-10H2,1H3. The molecule has 1 N–H and O–H groups in total. The lowest BCUT2D eigenvalue weighted by molar-refractivity contribution is 0.0695. The molecule has 1 aromatic carbocycles. The van der Waals surface area contributed by atoms with Gasteiger partial charge in [-0.05, 0) is 25.0 Å². The first-order chi connectivity index (χ1) is 11.2. The quantitative estimate of drug-likeness (QED) is 0.878. The van der Waals surface area contributed by atoms with Gasteiger partial charge in [-0.1, -0.05) is 30.7 Å². The van der Waals surface area contributed by atoms with Crippen LogP contribution in [0, 0.1) is 0 Å². The number of amides is 1. The number of halogens is 1. The topological polar surface area (TPSA) is 71.2 Å². The van der Waals surface area contributed by atoms with E-state index in [1.54, 1.807) is 15.6 Å². The fraction of sp³-hybridized carbons (Fsp3) is 0.438. The van der Waals surface area contributed by atoms with E-state index in [2.05, 4.69) is 10.1 Å². The molecule has 2 aromatic rings. The summed E-state index contributed by atoms with van der Waals surface area (Å²) in [5.41, 5.74) is 0.706. The molecule has 0 radical (unpaired) electrons. The van der Waals surface area contributed by atoms with Gasteiger partial charge in [-0.2, -0.15) is 0 Å². The van der Waals surface area contributed by atoms with Gasteiger partial charge in [0.25, 0.3) is 5.91 Å². The molecule has 1 fully saturated rings. The summed E-state index contributed by atoms with van der Waals surface area (Å²) in [5.74, 6) is 0.602. The summed E-state index contributed by atoms with van der Waals surface area (Å²) in [7, 11) is 0. The number of aryl methyl sites for hydroxylation is 1. The average molecular weight is 335 g/mol. The maximum absolute atomic E-state index is 12.7. The number of carbonyl (C=O) groups is 1. The van der Waals surface area contributed by atoms with Crippen LogP contribution in [0.5, 0.6) is 0 Å². The highest BCUT2D eigenvalue weighted by atomic mass is 35.5. The summed E-state index contributed by atoms with van der Waals surface area (Å²) < 4.78 is 1.62. The highest BCUT2D eigenvalue weighted by molar-refractivity contribution is 6.32. The molecule has 0 aliphatic heterocycles. The lowest BCUT2D eigenvalue weighted by Gasteiger charge is -2.19. The summed E-state index contributed by atoms with van der Waals surface area (Å²) in [6.45, 7) is 2.21. The molecule has 0 atom stereocenters. The van der Waals surface area contributed by atoms with Crippen molar-refractivity contribution in [3.05, 3.63) is 40.9 Å². The molecule has 3 rings (SSSR count). The maximum Gasteiger partial charge on any atom is 0.293 e. The van der Waals surface area contributed by atoms with Gasteiger partial charge in [0, 0.05) is 19.0 Å². The molecular formula is C16H19ClN4O2. The van der Waals surface area contributed by atoms with E-state index >= 15 is 0 Å². The van der Waals surface area contributed by atoms with E-state index in [1.165, 1.54) is 0 Å². The van der Waals surface area contributed by atoms with Crippen molar-refractivity contribution in [3.8, 4) is 5.69 Å². The van der Waals surface area contributed by atoms with E-state index in [1.807, 2.05) is 25.1 Å². The van der Waals surface area contributed by atoms with E-state index in [9.17, 15) is 9.90 Å². The van der Waals surface area contributed by atoms with E-state index in [0.29, 0.717) is 29.5 Å². The van der Waals surface area contributed by atoms with Crippen LogP contribution in [0.25, 0.3) is 5.69 Å². The molecule has 1 heterocycles. The third-order valence-electron chi connectivity index (χ3n) is 3.85.